The number of hydrogen-bond acceptors (Lipinski definition) is 1. The zero-order chi connectivity index (χ0) is 49.5. The molecule has 0 spiro atoms. The summed E-state index contributed by atoms with van der Waals surface area (Å²) in [5.41, 5.74) is 20.4. The minimum Gasteiger partial charge on any atom is -0.345 e. The molecule has 0 fully saturated rings. The van der Waals surface area contributed by atoms with Gasteiger partial charge in [-0.3, -0.25) is 0 Å². The fraction of sp³-hybridized carbons (Fsp3) is 0.400. The first-order valence-electron chi connectivity index (χ1n) is 28.3. The second kappa shape index (κ2) is 25.1. The quantitative estimate of drug-likeness (QED) is 0.0465. The standard InChI is InChI=1S/C70H85N/c1-7-11-15-17-19-23-51-70(52-24-20-18-16-12-8-2)67-26-22-21-25-65(67)66-48-47-64(53-68(66)70)71(6)63-45-39-60(40-46-63)57-33-31-56(32-34-57)59-37-43-62(44-38-59)69(49-13-9-3,50-14-10-4)61-41-35-58(36-42-61)55-29-27-54(5)28-30-55/h21-22,25-48,53H,7-20,23-24,49-52H2,1-6H3. The van der Waals surface area contributed by atoms with Crippen LogP contribution in [0, 0.1) is 6.92 Å². The van der Waals surface area contributed by atoms with Crippen molar-refractivity contribution in [2.45, 2.75) is 174 Å². The van der Waals surface area contributed by atoms with Crippen molar-refractivity contribution in [3.63, 3.8) is 0 Å². The molecule has 71 heavy (non-hydrogen) atoms. The Bertz CT molecular complexity index is 2660. The SMILES string of the molecule is CCCCCCCCC1(CCCCCCCC)c2ccccc2-c2ccc(N(C)c3ccc(-c4ccc(-c5ccc(C(CCCC)(CCCC)c6ccc(-c7ccc(C)cc7)cc6)cc5)cc4)cc3)cc21. The molecule has 7 aromatic rings. The van der Waals surface area contributed by atoms with Gasteiger partial charge in [-0.15, -0.1) is 0 Å². The van der Waals surface area contributed by atoms with Crippen LogP contribution < -0.4 is 4.90 Å². The van der Waals surface area contributed by atoms with Gasteiger partial charge in [0.2, 0.25) is 0 Å². The number of fused-ring (bicyclic) bond motifs is 3. The van der Waals surface area contributed by atoms with Crippen molar-refractivity contribution in [3.05, 3.63) is 192 Å². The zero-order valence-corrected chi connectivity index (χ0v) is 44.7. The third-order valence-electron chi connectivity index (χ3n) is 16.5. The molecule has 1 aliphatic rings. The molecule has 0 N–H and O–H groups in total. The molecule has 0 heterocycles. The summed E-state index contributed by atoms with van der Waals surface area (Å²) in [5.74, 6) is 0. The molecule has 8 rings (SSSR count). The lowest BCUT2D eigenvalue weighted by Crippen LogP contribution is -2.28. The molecule has 0 aromatic heterocycles. The number of benzene rings is 7. The van der Waals surface area contributed by atoms with E-state index in [-0.39, 0.29) is 10.8 Å². The van der Waals surface area contributed by atoms with Gasteiger partial charge >= 0.3 is 0 Å². The molecule has 0 bridgehead atoms. The highest BCUT2D eigenvalue weighted by Gasteiger charge is 2.42. The summed E-state index contributed by atoms with van der Waals surface area (Å²) < 4.78 is 0. The highest BCUT2D eigenvalue weighted by atomic mass is 15.1. The molecular weight excluding hydrogens is 855 g/mol. The molecule has 0 saturated heterocycles. The van der Waals surface area contributed by atoms with Gasteiger partial charge < -0.3 is 4.90 Å². The monoisotopic (exact) mass is 940 g/mol. The van der Waals surface area contributed by atoms with Crippen molar-refractivity contribution < 1.29 is 0 Å². The fourth-order valence-corrected chi connectivity index (χ4v) is 12.1. The molecule has 0 radical (unpaired) electrons. The van der Waals surface area contributed by atoms with E-state index in [1.165, 1.54) is 188 Å². The van der Waals surface area contributed by atoms with Gasteiger partial charge in [0.15, 0.2) is 0 Å². The summed E-state index contributed by atoms with van der Waals surface area (Å²) >= 11 is 0. The van der Waals surface area contributed by atoms with Crippen LogP contribution in [0.1, 0.15) is 184 Å². The first-order chi connectivity index (χ1) is 34.8. The minimum absolute atomic E-state index is 0.00207. The van der Waals surface area contributed by atoms with E-state index >= 15 is 0 Å². The molecule has 1 nitrogen and oxygen atoms in total. The van der Waals surface area contributed by atoms with Crippen LogP contribution in [0.5, 0.6) is 0 Å². The highest BCUT2D eigenvalue weighted by molar-refractivity contribution is 5.84. The van der Waals surface area contributed by atoms with Crippen LogP contribution in [0.15, 0.2) is 164 Å². The highest BCUT2D eigenvalue weighted by Crippen LogP contribution is 2.55. The van der Waals surface area contributed by atoms with E-state index in [1.807, 2.05) is 0 Å². The Kier molecular flexibility index (Phi) is 18.3. The van der Waals surface area contributed by atoms with Gasteiger partial charge in [0, 0.05) is 29.3 Å². The van der Waals surface area contributed by atoms with Crippen molar-refractivity contribution >= 4 is 11.4 Å². The predicted octanol–water partition coefficient (Wildman–Crippen LogP) is 21.2. The van der Waals surface area contributed by atoms with Crippen molar-refractivity contribution in [2.24, 2.45) is 0 Å². The van der Waals surface area contributed by atoms with Crippen LogP contribution in [-0.2, 0) is 10.8 Å². The summed E-state index contributed by atoms with van der Waals surface area (Å²) in [6.07, 6.45) is 25.7. The van der Waals surface area contributed by atoms with Crippen molar-refractivity contribution in [3.8, 4) is 44.5 Å². The average molecular weight is 940 g/mol. The first kappa shape index (κ1) is 51.7. The fourth-order valence-electron chi connectivity index (χ4n) is 12.1. The van der Waals surface area contributed by atoms with E-state index in [1.54, 1.807) is 11.1 Å². The summed E-state index contributed by atoms with van der Waals surface area (Å²) in [7, 11) is 2.25. The lowest BCUT2D eigenvalue weighted by Gasteiger charge is -2.36. The van der Waals surface area contributed by atoms with Crippen LogP contribution in [0.3, 0.4) is 0 Å². The molecule has 0 unspecified atom stereocenters. The molecule has 0 amide bonds. The lowest BCUT2D eigenvalue weighted by molar-refractivity contribution is 0.398. The third kappa shape index (κ3) is 12.0. The summed E-state index contributed by atoms with van der Waals surface area (Å²) in [4.78, 5) is 2.40. The van der Waals surface area contributed by atoms with Gasteiger partial charge in [-0.25, -0.2) is 0 Å². The molecule has 1 heteroatoms. The number of rotatable bonds is 27. The lowest BCUT2D eigenvalue weighted by atomic mass is 9.67. The second-order valence-corrected chi connectivity index (χ2v) is 21.4. The number of hydrogen-bond donors (Lipinski definition) is 0. The van der Waals surface area contributed by atoms with Gasteiger partial charge in [-0.05, 0) is 124 Å². The topological polar surface area (TPSA) is 3.24 Å². The molecule has 0 atom stereocenters. The van der Waals surface area contributed by atoms with Crippen molar-refractivity contribution in [2.75, 3.05) is 11.9 Å². The van der Waals surface area contributed by atoms with Crippen LogP contribution in [-0.4, -0.2) is 7.05 Å². The van der Waals surface area contributed by atoms with Gasteiger partial charge in [-0.2, -0.15) is 0 Å². The normalized spacial score (nSPS) is 12.8. The maximum atomic E-state index is 2.57. The van der Waals surface area contributed by atoms with E-state index in [4.69, 9.17) is 0 Å². The minimum atomic E-state index is -0.00207. The van der Waals surface area contributed by atoms with E-state index in [0.717, 1.165) is 12.8 Å². The van der Waals surface area contributed by atoms with Gasteiger partial charge in [0.1, 0.15) is 0 Å². The van der Waals surface area contributed by atoms with Gasteiger partial charge in [0.25, 0.3) is 0 Å². The third-order valence-corrected chi connectivity index (χ3v) is 16.5. The number of nitrogens with zero attached hydrogens (tertiary/aromatic N) is 1. The smallest absolute Gasteiger partial charge is 0.0411 e. The van der Waals surface area contributed by atoms with Gasteiger partial charge in [0.05, 0.1) is 0 Å². The van der Waals surface area contributed by atoms with E-state index in [2.05, 4.69) is 210 Å². The van der Waals surface area contributed by atoms with E-state index < -0.39 is 0 Å². The summed E-state index contributed by atoms with van der Waals surface area (Å²) in [6.45, 7) is 11.5. The van der Waals surface area contributed by atoms with Crippen LogP contribution >= 0.6 is 0 Å². The molecule has 0 aliphatic heterocycles. The van der Waals surface area contributed by atoms with Crippen LogP contribution in [0.25, 0.3) is 44.5 Å². The first-order valence-corrected chi connectivity index (χ1v) is 28.3. The number of aryl methyl sites for hydroxylation is 1. The van der Waals surface area contributed by atoms with E-state index in [9.17, 15) is 0 Å². The number of unbranched alkanes of at least 4 members (excludes halogenated alkanes) is 12. The summed E-state index contributed by atoms with van der Waals surface area (Å²) in [6, 6.07) is 63.3. The molecular formula is C70H85N. The summed E-state index contributed by atoms with van der Waals surface area (Å²) in [5, 5.41) is 0. The Hall–Kier alpha value is -5.66. The number of anilines is 2. The Morgan fingerprint density at radius 2 is 0.746 bits per heavy atom. The molecule has 0 saturated carbocycles. The van der Waals surface area contributed by atoms with Crippen LogP contribution in [0.4, 0.5) is 11.4 Å². The molecule has 1 aliphatic carbocycles. The molecule has 7 aromatic carbocycles. The maximum absolute atomic E-state index is 2.57. The largest absolute Gasteiger partial charge is 0.345 e. The Morgan fingerprint density at radius 1 is 0.366 bits per heavy atom. The zero-order valence-electron chi connectivity index (χ0n) is 44.7. The Morgan fingerprint density at radius 3 is 1.23 bits per heavy atom. The molecule has 370 valence electrons. The van der Waals surface area contributed by atoms with Crippen LogP contribution in [0.2, 0.25) is 0 Å². The van der Waals surface area contributed by atoms with Crippen molar-refractivity contribution in [1.82, 2.24) is 0 Å². The maximum Gasteiger partial charge on any atom is 0.0411 e. The Balaban J connectivity index is 0.993. The van der Waals surface area contributed by atoms with Gasteiger partial charge in [-0.1, -0.05) is 276 Å². The van der Waals surface area contributed by atoms with Crippen molar-refractivity contribution in [1.29, 1.82) is 0 Å². The predicted molar refractivity (Wildman–Crippen MR) is 310 cm³/mol. The van der Waals surface area contributed by atoms with E-state index in [0.29, 0.717) is 0 Å². The average Bonchev–Trinajstić information content (AvgIpc) is 3.69. The second-order valence-electron chi connectivity index (χ2n) is 21.4. The Labute approximate surface area is 431 Å².